The second-order valence-corrected chi connectivity index (χ2v) is 8.85. The number of aromatic nitrogens is 2. The highest BCUT2D eigenvalue weighted by atomic mass is 19.1. The molecular formula is C26H29FN6O. The van der Waals surface area contributed by atoms with E-state index in [4.69, 9.17) is 10.5 Å². The van der Waals surface area contributed by atoms with Gasteiger partial charge in [0.15, 0.2) is 0 Å². The molecule has 1 aromatic heterocycles. The zero-order valence-electron chi connectivity index (χ0n) is 19.0. The van der Waals surface area contributed by atoms with Gasteiger partial charge in [0.25, 0.3) is 0 Å². The maximum absolute atomic E-state index is 14.6. The monoisotopic (exact) mass is 460 g/mol. The number of aliphatic imine (C=N–C) groups is 1. The molecule has 8 heteroatoms. The van der Waals surface area contributed by atoms with Crippen LogP contribution >= 0.6 is 0 Å². The van der Waals surface area contributed by atoms with E-state index in [0.717, 1.165) is 30.9 Å². The van der Waals surface area contributed by atoms with Crippen molar-refractivity contribution >= 4 is 28.6 Å². The Labute approximate surface area is 198 Å². The molecule has 2 fully saturated rings. The Morgan fingerprint density at radius 1 is 1.26 bits per heavy atom. The smallest absolute Gasteiger partial charge is 0.144 e. The van der Waals surface area contributed by atoms with Gasteiger partial charge in [0.2, 0.25) is 0 Å². The van der Waals surface area contributed by atoms with E-state index >= 15 is 0 Å². The molecule has 1 aliphatic heterocycles. The Kier molecular flexibility index (Phi) is 6.40. The molecule has 3 N–H and O–H groups in total. The van der Waals surface area contributed by atoms with Crippen LogP contribution in [0.15, 0.2) is 60.4 Å². The number of nitrogen functional groups attached to an aromatic ring is 1. The Balaban J connectivity index is 1.40. The molecule has 7 nitrogen and oxygen atoms in total. The molecule has 0 bridgehead atoms. The molecule has 176 valence electrons. The van der Waals surface area contributed by atoms with Gasteiger partial charge in [-0.2, -0.15) is 0 Å². The van der Waals surface area contributed by atoms with Gasteiger partial charge in [-0.05, 0) is 31.4 Å². The first kappa shape index (κ1) is 22.3. The molecule has 1 saturated carbocycles. The number of nitrogens with zero attached hydrogens (tertiary/aromatic N) is 4. The number of anilines is 2. The van der Waals surface area contributed by atoms with Crippen molar-refractivity contribution in [3.63, 3.8) is 0 Å². The molecule has 34 heavy (non-hydrogen) atoms. The number of rotatable bonds is 9. The summed E-state index contributed by atoms with van der Waals surface area (Å²) in [6, 6.07) is 10.6. The first-order valence-corrected chi connectivity index (χ1v) is 11.7. The van der Waals surface area contributed by atoms with Crippen LogP contribution in [0.3, 0.4) is 0 Å². The van der Waals surface area contributed by atoms with Crippen LogP contribution in [0.4, 0.5) is 15.9 Å². The molecule has 0 radical (unpaired) electrons. The van der Waals surface area contributed by atoms with Gasteiger partial charge in [0, 0.05) is 42.4 Å². The SMILES string of the molecule is C=C/C=N\CC(Nc1ncnc2cc(O[C@@H]3CCN(C4CC4)C3)c(N)cc12)c1ccccc1F. The Bertz CT molecular complexity index is 1210. The summed E-state index contributed by atoms with van der Waals surface area (Å²) in [6.45, 7) is 5.98. The summed E-state index contributed by atoms with van der Waals surface area (Å²) in [5.74, 6) is 0.895. The number of nitrogens with one attached hydrogen (secondary N) is 1. The van der Waals surface area contributed by atoms with Crippen LogP contribution in [-0.2, 0) is 0 Å². The van der Waals surface area contributed by atoms with Gasteiger partial charge >= 0.3 is 0 Å². The first-order chi connectivity index (χ1) is 16.6. The van der Waals surface area contributed by atoms with E-state index in [0.29, 0.717) is 34.9 Å². The number of fused-ring (bicyclic) bond motifs is 1. The van der Waals surface area contributed by atoms with Crippen molar-refractivity contribution in [2.75, 3.05) is 30.7 Å². The molecule has 1 saturated heterocycles. The minimum atomic E-state index is -0.431. The van der Waals surface area contributed by atoms with Gasteiger partial charge < -0.3 is 15.8 Å². The zero-order chi connectivity index (χ0) is 23.5. The van der Waals surface area contributed by atoms with Crippen molar-refractivity contribution in [1.29, 1.82) is 0 Å². The number of hydrogen-bond donors (Lipinski definition) is 2. The van der Waals surface area contributed by atoms with Crippen molar-refractivity contribution in [3.05, 3.63) is 66.8 Å². The Hall–Kier alpha value is -3.52. The lowest BCUT2D eigenvalue weighted by molar-refractivity contribution is 0.199. The first-order valence-electron chi connectivity index (χ1n) is 11.7. The molecule has 2 aliphatic rings. The Morgan fingerprint density at radius 2 is 2.12 bits per heavy atom. The maximum atomic E-state index is 14.6. The number of allylic oxidation sites excluding steroid dienone is 1. The van der Waals surface area contributed by atoms with Crippen molar-refractivity contribution in [1.82, 2.24) is 14.9 Å². The lowest BCUT2D eigenvalue weighted by atomic mass is 10.1. The highest BCUT2D eigenvalue weighted by Crippen LogP contribution is 2.35. The quantitative estimate of drug-likeness (QED) is 0.364. The van der Waals surface area contributed by atoms with Gasteiger partial charge in [-0.15, -0.1) is 0 Å². The molecule has 2 aromatic carbocycles. The summed E-state index contributed by atoms with van der Waals surface area (Å²) in [6.07, 6.45) is 8.40. The average molecular weight is 461 g/mol. The number of halogens is 1. The van der Waals surface area contributed by atoms with E-state index in [1.54, 1.807) is 30.5 Å². The number of hydrogen-bond acceptors (Lipinski definition) is 7. The summed E-state index contributed by atoms with van der Waals surface area (Å²) in [5.41, 5.74) is 8.13. The highest BCUT2D eigenvalue weighted by Gasteiger charge is 2.35. The second-order valence-electron chi connectivity index (χ2n) is 8.85. The minimum absolute atomic E-state index is 0.132. The largest absolute Gasteiger partial charge is 0.487 e. The van der Waals surface area contributed by atoms with E-state index in [-0.39, 0.29) is 11.9 Å². The number of benzene rings is 2. The van der Waals surface area contributed by atoms with Crippen molar-refractivity contribution in [2.45, 2.75) is 37.5 Å². The fourth-order valence-electron chi connectivity index (χ4n) is 4.50. The number of ether oxygens (including phenoxy) is 1. The molecule has 0 amide bonds. The molecule has 2 heterocycles. The third-order valence-electron chi connectivity index (χ3n) is 6.39. The van der Waals surface area contributed by atoms with Gasteiger partial charge in [-0.25, -0.2) is 14.4 Å². The van der Waals surface area contributed by atoms with E-state index in [9.17, 15) is 4.39 Å². The van der Waals surface area contributed by atoms with E-state index < -0.39 is 6.04 Å². The highest BCUT2D eigenvalue weighted by molar-refractivity contribution is 5.93. The third kappa shape index (κ3) is 4.87. The fourth-order valence-corrected chi connectivity index (χ4v) is 4.50. The van der Waals surface area contributed by atoms with Crippen LogP contribution in [0.25, 0.3) is 10.9 Å². The maximum Gasteiger partial charge on any atom is 0.144 e. The van der Waals surface area contributed by atoms with E-state index in [1.807, 2.05) is 12.1 Å². The third-order valence-corrected chi connectivity index (χ3v) is 6.39. The van der Waals surface area contributed by atoms with Crippen LogP contribution in [0.5, 0.6) is 5.75 Å². The van der Waals surface area contributed by atoms with Gasteiger partial charge in [-0.3, -0.25) is 9.89 Å². The molecule has 1 aliphatic carbocycles. The predicted octanol–water partition coefficient (Wildman–Crippen LogP) is 4.38. The molecule has 3 aromatic rings. The lowest BCUT2D eigenvalue weighted by Gasteiger charge is -2.20. The average Bonchev–Trinajstić information content (AvgIpc) is 3.58. The summed E-state index contributed by atoms with van der Waals surface area (Å²) in [5, 5.41) is 4.08. The fraction of sp³-hybridized carbons (Fsp3) is 0.346. The zero-order valence-corrected chi connectivity index (χ0v) is 19.0. The summed E-state index contributed by atoms with van der Waals surface area (Å²) >= 11 is 0. The van der Waals surface area contributed by atoms with Crippen LogP contribution in [0.2, 0.25) is 0 Å². The van der Waals surface area contributed by atoms with Crippen LogP contribution in [0, 0.1) is 5.82 Å². The Morgan fingerprint density at radius 3 is 2.91 bits per heavy atom. The summed E-state index contributed by atoms with van der Waals surface area (Å²) < 4.78 is 20.8. The van der Waals surface area contributed by atoms with Crippen molar-refractivity contribution < 1.29 is 9.13 Å². The molecule has 1 unspecified atom stereocenters. The number of likely N-dealkylation sites (tertiary alicyclic amines) is 1. The van der Waals surface area contributed by atoms with Crippen LogP contribution < -0.4 is 15.8 Å². The van der Waals surface area contributed by atoms with Gasteiger partial charge in [0.05, 0.1) is 23.8 Å². The van der Waals surface area contributed by atoms with Crippen molar-refractivity contribution in [3.8, 4) is 5.75 Å². The second kappa shape index (κ2) is 9.77. The van der Waals surface area contributed by atoms with Gasteiger partial charge in [0.1, 0.15) is 29.8 Å². The topological polar surface area (TPSA) is 88.7 Å². The van der Waals surface area contributed by atoms with Crippen LogP contribution in [0.1, 0.15) is 30.9 Å². The van der Waals surface area contributed by atoms with E-state index in [2.05, 4.69) is 31.8 Å². The van der Waals surface area contributed by atoms with Crippen LogP contribution in [-0.4, -0.2) is 52.9 Å². The van der Waals surface area contributed by atoms with E-state index in [1.165, 1.54) is 25.2 Å². The lowest BCUT2D eigenvalue weighted by Crippen LogP contribution is -2.26. The molecule has 5 rings (SSSR count). The minimum Gasteiger partial charge on any atom is -0.487 e. The normalized spacial score (nSPS) is 19.5. The predicted molar refractivity (Wildman–Crippen MR) is 134 cm³/mol. The van der Waals surface area contributed by atoms with Crippen molar-refractivity contribution in [2.24, 2.45) is 4.99 Å². The standard InChI is InChI=1S/C26H29FN6O/c1-2-10-29-14-24(19-5-3-4-6-21(19)27)32-26-20-12-22(28)25(13-23(20)30-16-31-26)34-18-9-11-33(15-18)17-7-8-17/h2-6,10,12-13,16-18,24H,1,7-9,11,14-15,28H2,(H,30,31,32)/b29-10-/t18-,24?/m1/s1. The summed E-state index contributed by atoms with van der Waals surface area (Å²) in [7, 11) is 0. The molecular weight excluding hydrogens is 431 g/mol. The summed E-state index contributed by atoms with van der Waals surface area (Å²) in [4.78, 5) is 15.7. The number of nitrogens with two attached hydrogens (primary N) is 1. The van der Waals surface area contributed by atoms with Gasteiger partial charge in [-0.1, -0.05) is 30.9 Å². The molecule has 0 spiro atoms. The molecule has 2 atom stereocenters.